The van der Waals surface area contributed by atoms with Crippen LogP contribution in [0.4, 0.5) is 13.2 Å². The highest BCUT2D eigenvalue weighted by Crippen LogP contribution is 2.22. The van der Waals surface area contributed by atoms with E-state index in [0.29, 0.717) is 5.36 Å². The van der Waals surface area contributed by atoms with E-state index >= 15 is 0 Å². The third kappa shape index (κ3) is 2.68. The Morgan fingerprint density at radius 2 is 1.94 bits per heavy atom. The lowest BCUT2D eigenvalue weighted by molar-refractivity contribution is -0.134. The number of aliphatic imine (C=N–C) groups is 1. The summed E-state index contributed by atoms with van der Waals surface area (Å²) in [7, 11) is 0. The maximum atomic E-state index is 12.2. The fourth-order valence-corrected chi connectivity index (χ4v) is 1.48. The van der Waals surface area contributed by atoms with Crippen LogP contribution < -0.4 is 10.6 Å². The highest BCUT2D eigenvalue weighted by Gasteiger charge is 2.31. The van der Waals surface area contributed by atoms with E-state index in [1.54, 1.807) is 24.3 Å². The first-order valence-corrected chi connectivity index (χ1v) is 4.78. The number of halogens is 3. The predicted molar refractivity (Wildman–Crippen MR) is 54.6 cm³/mol. The minimum Gasteiger partial charge on any atom is -0.275 e. The van der Waals surface area contributed by atoms with Gasteiger partial charge in [-0.15, -0.1) is 0 Å². The van der Waals surface area contributed by atoms with Crippen molar-refractivity contribution in [2.45, 2.75) is 18.6 Å². The molecule has 16 heavy (non-hydrogen) atoms. The van der Waals surface area contributed by atoms with E-state index in [0.717, 1.165) is 5.22 Å². The summed E-state index contributed by atoms with van der Waals surface area (Å²) in [4.78, 5) is 7.86. The van der Waals surface area contributed by atoms with Crippen LogP contribution >= 0.6 is 0 Å². The van der Waals surface area contributed by atoms with Crippen LogP contribution in [0.25, 0.3) is 6.20 Å². The SMILES string of the molecule is FC(F)(F)CC1C=NC=c2ccccc2=N1. The summed E-state index contributed by atoms with van der Waals surface area (Å²) < 4.78 is 36.7. The molecule has 0 aromatic heterocycles. The molecule has 0 radical (unpaired) electrons. The molecule has 1 unspecified atom stereocenters. The molecule has 1 aromatic rings. The first-order valence-electron chi connectivity index (χ1n) is 4.78. The second kappa shape index (κ2) is 4.08. The van der Waals surface area contributed by atoms with Gasteiger partial charge in [0.15, 0.2) is 0 Å². The number of fused-ring (bicyclic) bond motifs is 1. The Morgan fingerprint density at radius 1 is 1.19 bits per heavy atom. The molecule has 1 aliphatic heterocycles. The summed E-state index contributed by atoms with van der Waals surface area (Å²) in [5.74, 6) is 0. The predicted octanol–water partition coefficient (Wildman–Crippen LogP) is 1.45. The summed E-state index contributed by atoms with van der Waals surface area (Å²) in [6.07, 6.45) is -2.44. The lowest BCUT2D eigenvalue weighted by Gasteiger charge is -2.09. The van der Waals surface area contributed by atoms with Gasteiger partial charge in [0.25, 0.3) is 0 Å². The van der Waals surface area contributed by atoms with Gasteiger partial charge >= 0.3 is 6.18 Å². The van der Waals surface area contributed by atoms with E-state index in [9.17, 15) is 13.2 Å². The molecule has 2 rings (SSSR count). The molecule has 0 spiro atoms. The van der Waals surface area contributed by atoms with E-state index in [4.69, 9.17) is 0 Å². The van der Waals surface area contributed by atoms with Gasteiger partial charge in [0, 0.05) is 17.6 Å². The van der Waals surface area contributed by atoms with Crippen LogP contribution in [0.5, 0.6) is 0 Å². The van der Waals surface area contributed by atoms with Gasteiger partial charge in [0.05, 0.1) is 17.8 Å². The molecule has 2 nitrogen and oxygen atoms in total. The highest BCUT2D eigenvalue weighted by molar-refractivity contribution is 5.68. The molecule has 0 saturated heterocycles. The molecule has 84 valence electrons. The number of benzene rings is 1. The van der Waals surface area contributed by atoms with Gasteiger partial charge in [-0.05, 0) is 6.07 Å². The van der Waals surface area contributed by atoms with E-state index in [1.807, 2.05) is 0 Å². The Hall–Kier alpha value is -1.65. The maximum Gasteiger partial charge on any atom is 0.391 e. The minimum absolute atomic E-state index is 0.550. The van der Waals surface area contributed by atoms with Crippen LogP contribution in [0.15, 0.2) is 34.3 Å². The second-order valence-corrected chi connectivity index (χ2v) is 3.50. The normalized spacial score (nSPS) is 19.3. The van der Waals surface area contributed by atoms with Crippen LogP contribution in [0.2, 0.25) is 0 Å². The lowest BCUT2D eigenvalue weighted by Crippen LogP contribution is -2.27. The van der Waals surface area contributed by atoms with E-state index in [1.165, 1.54) is 12.4 Å². The topological polar surface area (TPSA) is 24.7 Å². The largest absolute Gasteiger partial charge is 0.391 e. The molecule has 0 amide bonds. The van der Waals surface area contributed by atoms with Crippen LogP contribution in [0.3, 0.4) is 0 Å². The smallest absolute Gasteiger partial charge is 0.275 e. The van der Waals surface area contributed by atoms with Crippen LogP contribution in [-0.2, 0) is 0 Å². The second-order valence-electron chi connectivity index (χ2n) is 3.50. The van der Waals surface area contributed by atoms with Crippen molar-refractivity contribution in [3.63, 3.8) is 0 Å². The average Bonchev–Trinajstić information content (AvgIpc) is 2.36. The molecule has 1 atom stereocenters. The van der Waals surface area contributed by atoms with Crippen molar-refractivity contribution in [1.29, 1.82) is 0 Å². The number of hydrogen-bond donors (Lipinski definition) is 0. The molecule has 5 heteroatoms. The van der Waals surface area contributed by atoms with Crippen molar-refractivity contribution in [3.05, 3.63) is 34.8 Å². The van der Waals surface area contributed by atoms with Crippen molar-refractivity contribution < 1.29 is 13.2 Å². The number of rotatable bonds is 1. The Morgan fingerprint density at radius 3 is 2.69 bits per heavy atom. The summed E-state index contributed by atoms with van der Waals surface area (Å²) in [6, 6.07) is 6.06. The van der Waals surface area contributed by atoms with E-state index in [-0.39, 0.29) is 0 Å². The molecule has 0 fully saturated rings. The number of para-hydroxylation sites is 1. The van der Waals surface area contributed by atoms with Crippen molar-refractivity contribution in [3.8, 4) is 0 Å². The average molecular weight is 226 g/mol. The van der Waals surface area contributed by atoms with E-state index in [2.05, 4.69) is 9.98 Å². The van der Waals surface area contributed by atoms with Gasteiger partial charge in [-0.3, -0.25) is 9.98 Å². The number of hydrogen-bond acceptors (Lipinski definition) is 2. The van der Waals surface area contributed by atoms with Gasteiger partial charge in [-0.2, -0.15) is 13.2 Å². The standard InChI is InChI=1S/C11H9F3N2/c12-11(13,14)5-9-7-15-6-8-3-1-2-4-10(8)16-9/h1-4,6-7,9H,5H2. The summed E-state index contributed by atoms with van der Waals surface area (Å²) in [5, 5.41) is 1.29. The number of alkyl halides is 3. The Kier molecular flexibility index (Phi) is 2.77. The Labute approximate surface area is 89.8 Å². The van der Waals surface area contributed by atoms with Gasteiger partial charge in [-0.25, -0.2) is 0 Å². The molecule has 0 saturated carbocycles. The Balaban J connectivity index is 2.37. The van der Waals surface area contributed by atoms with Crippen LogP contribution in [0, 0.1) is 0 Å². The number of nitrogens with zero attached hydrogens (tertiary/aromatic N) is 2. The minimum atomic E-state index is -4.22. The zero-order valence-corrected chi connectivity index (χ0v) is 8.28. The molecule has 0 N–H and O–H groups in total. The zero-order valence-electron chi connectivity index (χ0n) is 8.28. The van der Waals surface area contributed by atoms with Crippen molar-refractivity contribution in [1.82, 2.24) is 0 Å². The molecule has 1 heterocycles. The fraction of sp³-hybridized carbons (Fsp3) is 0.273. The third-order valence-corrected chi connectivity index (χ3v) is 2.15. The molecule has 0 bridgehead atoms. The molecule has 1 aliphatic rings. The van der Waals surface area contributed by atoms with Crippen LogP contribution in [0.1, 0.15) is 6.42 Å². The van der Waals surface area contributed by atoms with Gasteiger partial charge in [-0.1, -0.05) is 18.2 Å². The fourth-order valence-electron chi connectivity index (χ4n) is 1.48. The third-order valence-electron chi connectivity index (χ3n) is 2.15. The first kappa shape index (κ1) is 10.9. The summed E-state index contributed by atoms with van der Waals surface area (Å²) in [6.45, 7) is 0. The molecule has 0 aliphatic carbocycles. The zero-order chi connectivity index (χ0) is 11.6. The highest BCUT2D eigenvalue weighted by atomic mass is 19.4. The quantitative estimate of drug-likeness (QED) is 0.692. The first-order chi connectivity index (χ1) is 7.54. The lowest BCUT2D eigenvalue weighted by atomic mass is 10.2. The van der Waals surface area contributed by atoms with Gasteiger partial charge in [0.2, 0.25) is 0 Å². The van der Waals surface area contributed by atoms with E-state index < -0.39 is 18.6 Å². The summed E-state index contributed by atoms with van der Waals surface area (Å²) in [5.41, 5.74) is 0. The monoisotopic (exact) mass is 226 g/mol. The molecular formula is C11H9F3N2. The van der Waals surface area contributed by atoms with Gasteiger partial charge in [0.1, 0.15) is 0 Å². The van der Waals surface area contributed by atoms with Gasteiger partial charge < -0.3 is 0 Å². The van der Waals surface area contributed by atoms with Crippen molar-refractivity contribution >= 4 is 12.4 Å². The molecule has 1 aromatic carbocycles. The Bertz CT molecular complexity index is 517. The molecular weight excluding hydrogens is 217 g/mol. The summed E-state index contributed by atoms with van der Waals surface area (Å²) >= 11 is 0. The van der Waals surface area contributed by atoms with Crippen molar-refractivity contribution in [2.75, 3.05) is 0 Å². The van der Waals surface area contributed by atoms with Crippen LogP contribution in [-0.4, -0.2) is 18.4 Å². The van der Waals surface area contributed by atoms with Crippen molar-refractivity contribution in [2.24, 2.45) is 9.98 Å². The maximum absolute atomic E-state index is 12.2.